The fraction of sp³-hybridized carbons (Fsp3) is 0.158. The largest absolute Gasteiger partial charge is 0.335 e. The zero-order valence-electron chi connectivity index (χ0n) is 14.9. The first-order chi connectivity index (χ1) is 13.0. The van der Waals surface area contributed by atoms with E-state index in [1.54, 1.807) is 31.2 Å². The minimum atomic E-state index is -0.486. The van der Waals surface area contributed by atoms with Crippen LogP contribution in [-0.4, -0.2) is 31.8 Å². The van der Waals surface area contributed by atoms with Crippen LogP contribution in [0.25, 0.3) is 11.4 Å². The number of thioether (sulfide) groups is 1. The number of nitrogens with one attached hydrogen (secondary N) is 1. The molecule has 0 bridgehead atoms. The Kier molecular flexibility index (Phi) is 5.56. The molecule has 2 aromatic carbocycles. The fourth-order valence-corrected chi connectivity index (χ4v) is 3.26. The molecule has 1 unspecified atom stereocenters. The van der Waals surface area contributed by atoms with Gasteiger partial charge in [0.1, 0.15) is 0 Å². The maximum atomic E-state index is 12.5. The Hall–Kier alpha value is -3.13. The van der Waals surface area contributed by atoms with Crippen molar-refractivity contribution in [2.75, 3.05) is 11.2 Å². The Balaban J connectivity index is 1.73. The van der Waals surface area contributed by atoms with E-state index in [0.29, 0.717) is 22.2 Å². The van der Waals surface area contributed by atoms with Gasteiger partial charge in [-0.15, -0.1) is 10.2 Å². The highest BCUT2D eigenvalue weighted by Gasteiger charge is 2.21. The number of nitrogen functional groups attached to an aromatic ring is 1. The summed E-state index contributed by atoms with van der Waals surface area (Å²) in [6.45, 7) is 3.21. The number of ketones is 1. The molecule has 8 heteroatoms. The van der Waals surface area contributed by atoms with Gasteiger partial charge in [0, 0.05) is 11.1 Å². The molecule has 3 N–H and O–H groups in total. The number of Topliss-reactive ketones (excluding diaryl/α,β-unsaturated/α-hetero) is 1. The Morgan fingerprint density at radius 1 is 1.07 bits per heavy atom. The third kappa shape index (κ3) is 4.17. The number of carbonyl (C=O) groups excluding carboxylic acids is 2. The highest BCUT2D eigenvalue weighted by Crippen LogP contribution is 2.26. The molecule has 7 nitrogen and oxygen atoms in total. The van der Waals surface area contributed by atoms with E-state index in [0.717, 1.165) is 5.56 Å². The van der Waals surface area contributed by atoms with E-state index in [4.69, 9.17) is 5.84 Å². The third-order valence-corrected chi connectivity index (χ3v) is 4.97. The molecule has 0 aliphatic carbocycles. The first-order valence-electron chi connectivity index (χ1n) is 8.30. The molecular weight excluding hydrogens is 362 g/mol. The Morgan fingerprint density at radius 2 is 1.74 bits per heavy atom. The lowest BCUT2D eigenvalue weighted by molar-refractivity contribution is -0.115. The van der Waals surface area contributed by atoms with Crippen molar-refractivity contribution in [3.8, 4) is 11.4 Å². The van der Waals surface area contributed by atoms with E-state index < -0.39 is 5.25 Å². The monoisotopic (exact) mass is 381 g/mol. The van der Waals surface area contributed by atoms with E-state index in [2.05, 4.69) is 15.5 Å². The molecule has 1 amide bonds. The van der Waals surface area contributed by atoms with E-state index in [1.165, 1.54) is 23.4 Å². The lowest BCUT2D eigenvalue weighted by atomic mass is 10.1. The van der Waals surface area contributed by atoms with Crippen molar-refractivity contribution in [2.24, 2.45) is 0 Å². The number of amides is 1. The summed E-state index contributed by atoms with van der Waals surface area (Å²) < 4.78 is 1.37. The van der Waals surface area contributed by atoms with Crippen molar-refractivity contribution in [3.05, 3.63) is 60.2 Å². The number of rotatable bonds is 6. The van der Waals surface area contributed by atoms with Crippen molar-refractivity contribution >= 4 is 29.1 Å². The van der Waals surface area contributed by atoms with Gasteiger partial charge in [0.2, 0.25) is 11.1 Å². The number of para-hydroxylation sites is 1. The quantitative estimate of drug-likeness (QED) is 0.387. The highest BCUT2D eigenvalue weighted by atomic mass is 32.2. The van der Waals surface area contributed by atoms with Gasteiger partial charge in [-0.3, -0.25) is 9.59 Å². The summed E-state index contributed by atoms with van der Waals surface area (Å²) in [5, 5.41) is 10.9. The van der Waals surface area contributed by atoms with Crippen molar-refractivity contribution in [2.45, 2.75) is 24.3 Å². The van der Waals surface area contributed by atoms with Crippen LogP contribution in [0.5, 0.6) is 0 Å². The topological polar surface area (TPSA) is 103 Å². The van der Waals surface area contributed by atoms with Crippen LogP contribution in [0.3, 0.4) is 0 Å². The van der Waals surface area contributed by atoms with Crippen LogP contribution in [0.4, 0.5) is 5.69 Å². The highest BCUT2D eigenvalue weighted by molar-refractivity contribution is 8.00. The van der Waals surface area contributed by atoms with Crippen molar-refractivity contribution in [1.29, 1.82) is 0 Å². The molecule has 0 spiro atoms. The fourth-order valence-electron chi connectivity index (χ4n) is 2.49. The average Bonchev–Trinajstić information content (AvgIpc) is 3.03. The molecule has 1 aromatic heterocycles. The predicted octanol–water partition coefficient (Wildman–Crippen LogP) is 2.98. The number of nitrogens with two attached hydrogens (primary N) is 1. The Morgan fingerprint density at radius 3 is 2.44 bits per heavy atom. The van der Waals surface area contributed by atoms with E-state index in [1.807, 2.05) is 30.3 Å². The van der Waals surface area contributed by atoms with Gasteiger partial charge in [-0.05, 0) is 26.0 Å². The van der Waals surface area contributed by atoms with Crippen LogP contribution in [0.2, 0.25) is 0 Å². The van der Waals surface area contributed by atoms with E-state index in [9.17, 15) is 9.59 Å². The molecule has 0 aliphatic rings. The normalized spacial score (nSPS) is 11.8. The van der Waals surface area contributed by atoms with Gasteiger partial charge < -0.3 is 11.2 Å². The first kappa shape index (κ1) is 18.7. The summed E-state index contributed by atoms with van der Waals surface area (Å²) in [6.07, 6.45) is 0. The third-order valence-electron chi connectivity index (χ3n) is 3.91. The van der Waals surface area contributed by atoms with Gasteiger partial charge in [0.05, 0.1) is 10.9 Å². The minimum absolute atomic E-state index is 0.111. The lowest BCUT2D eigenvalue weighted by Crippen LogP contribution is -2.24. The summed E-state index contributed by atoms with van der Waals surface area (Å²) >= 11 is 1.19. The van der Waals surface area contributed by atoms with Gasteiger partial charge in [-0.1, -0.05) is 54.2 Å². The molecule has 138 valence electrons. The summed E-state index contributed by atoms with van der Waals surface area (Å²) in [4.78, 5) is 24.2. The van der Waals surface area contributed by atoms with Gasteiger partial charge >= 0.3 is 0 Å². The van der Waals surface area contributed by atoms with Crippen LogP contribution in [0, 0.1) is 0 Å². The minimum Gasteiger partial charge on any atom is -0.335 e. The van der Waals surface area contributed by atoms with Gasteiger partial charge in [0.15, 0.2) is 11.6 Å². The number of aromatic nitrogens is 3. The molecule has 0 aliphatic heterocycles. The zero-order valence-corrected chi connectivity index (χ0v) is 15.7. The summed E-state index contributed by atoms with van der Waals surface area (Å²) in [5.41, 5.74) is 1.80. The van der Waals surface area contributed by atoms with Crippen LogP contribution >= 0.6 is 11.8 Å². The van der Waals surface area contributed by atoms with Crippen LogP contribution in [0.1, 0.15) is 24.2 Å². The molecule has 3 aromatic rings. The molecular formula is C19H19N5O2S. The number of hydrogen-bond donors (Lipinski definition) is 2. The maximum Gasteiger partial charge on any atom is 0.237 e. The van der Waals surface area contributed by atoms with Crippen LogP contribution in [0.15, 0.2) is 59.8 Å². The number of carbonyl (C=O) groups is 2. The second-order valence-corrected chi connectivity index (χ2v) is 7.20. The van der Waals surface area contributed by atoms with Crippen LogP contribution in [-0.2, 0) is 4.79 Å². The zero-order chi connectivity index (χ0) is 19.4. The molecule has 0 saturated heterocycles. The summed E-state index contributed by atoms with van der Waals surface area (Å²) in [7, 11) is 0. The van der Waals surface area contributed by atoms with Crippen molar-refractivity contribution < 1.29 is 9.59 Å². The molecule has 0 radical (unpaired) electrons. The molecule has 27 heavy (non-hydrogen) atoms. The van der Waals surface area contributed by atoms with Gasteiger partial charge in [-0.2, -0.15) is 0 Å². The van der Waals surface area contributed by atoms with E-state index in [-0.39, 0.29) is 11.7 Å². The Bertz CT molecular complexity index is 971. The van der Waals surface area contributed by atoms with Crippen LogP contribution < -0.4 is 11.2 Å². The second kappa shape index (κ2) is 8.05. The van der Waals surface area contributed by atoms with Gasteiger partial charge in [0.25, 0.3) is 0 Å². The maximum absolute atomic E-state index is 12.5. The smallest absolute Gasteiger partial charge is 0.237 e. The lowest BCUT2D eigenvalue weighted by Gasteiger charge is -2.13. The molecule has 1 atom stereocenters. The van der Waals surface area contributed by atoms with Crippen molar-refractivity contribution in [3.63, 3.8) is 0 Å². The Labute approximate surface area is 161 Å². The SMILES string of the molecule is CC(=O)c1ccccc1NC(=O)C(C)Sc1nnc(-c2ccccc2)n1N. The van der Waals surface area contributed by atoms with Crippen molar-refractivity contribution in [1.82, 2.24) is 14.9 Å². The first-order valence-corrected chi connectivity index (χ1v) is 9.18. The number of nitrogens with zero attached hydrogens (tertiary/aromatic N) is 3. The number of hydrogen-bond acceptors (Lipinski definition) is 6. The molecule has 1 heterocycles. The standard InChI is InChI=1S/C19H19N5O2S/c1-12(25)15-10-6-7-11-16(15)21-18(26)13(2)27-19-23-22-17(24(19)20)14-8-4-3-5-9-14/h3-11,13H,20H2,1-2H3,(H,21,26). The summed E-state index contributed by atoms with van der Waals surface area (Å²) in [6, 6.07) is 16.4. The summed E-state index contributed by atoms with van der Waals surface area (Å²) in [5.74, 6) is 6.25. The average molecular weight is 381 g/mol. The second-order valence-electron chi connectivity index (χ2n) is 5.89. The van der Waals surface area contributed by atoms with E-state index >= 15 is 0 Å². The molecule has 0 fully saturated rings. The predicted molar refractivity (Wildman–Crippen MR) is 106 cm³/mol. The number of anilines is 1. The molecule has 3 rings (SSSR count). The van der Waals surface area contributed by atoms with Gasteiger partial charge in [-0.25, -0.2) is 4.68 Å². The molecule has 0 saturated carbocycles. The number of benzene rings is 2.